The highest BCUT2D eigenvalue weighted by molar-refractivity contribution is 6.21. The van der Waals surface area contributed by atoms with E-state index < -0.39 is 0 Å². The first kappa shape index (κ1) is 8.55. The van der Waals surface area contributed by atoms with Gasteiger partial charge in [-0.05, 0) is 6.07 Å². The molecule has 2 aliphatic rings. The predicted molar refractivity (Wildman–Crippen MR) is 51.4 cm³/mol. The lowest BCUT2D eigenvalue weighted by atomic mass is 10.1. The number of fused-ring (bicyclic) bond motifs is 1. The van der Waals surface area contributed by atoms with Crippen molar-refractivity contribution in [1.82, 2.24) is 15.2 Å². The van der Waals surface area contributed by atoms with Gasteiger partial charge in [0.2, 0.25) is 0 Å². The highest BCUT2D eigenvalue weighted by Gasteiger charge is 2.41. The molecule has 5 nitrogen and oxygen atoms in total. The van der Waals surface area contributed by atoms with Gasteiger partial charge in [-0.1, -0.05) is 0 Å². The maximum atomic E-state index is 11.9. The Hall–Kier alpha value is -1.75. The molecule has 1 saturated heterocycles. The Morgan fingerprint density at radius 3 is 2.60 bits per heavy atom. The number of imide groups is 1. The zero-order chi connectivity index (χ0) is 10.4. The van der Waals surface area contributed by atoms with Crippen molar-refractivity contribution in [2.45, 2.75) is 6.04 Å². The van der Waals surface area contributed by atoms with Crippen molar-refractivity contribution in [2.75, 3.05) is 13.1 Å². The van der Waals surface area contributed by atoms with Crippen molar-refractivity contribution in [3.8, 4) is 0 Å². The van der Waals surface area contributed by atoms with E-state index in [1.807, 2.05) is 0 Å². The van der Waals surface area contributed by atoms with Crippen LogP contribution < -0.4 is 5.32 Å². The van der Waals surface area contributed by atoms with E-state index in [0.29, 0.717) is 24.2 Å². The summed E-state index contributed by atoms with van der Waals surface area (Å²) in [6.45, 7) is 1.39. The molecule has 3 heterocycles. The predicted octanol–water partition coefficient (Wildman–Crippen LogP) is -0.351. The lowest BCUT2D eigenvalue weighted by Crippen LogP contribution is -2.58. The summed E-state index contributed by atoms with van der Waals surface area (Å²) in [5.41, 5.74) is 0.899. The van der Waals surface area contributed by atoms with Gasteiger partial charge in [0.15, 0.2) is 0 Å². The Bertz CT molecular complexity index is 419. The van der Waals surface area contributed by atoms with Crippen molar-refractivity contribution in [1.29, 1.82) is 0 Å². The lowest BCUT2D eigenvalue weighted by molar-refractivity contribution is 0.0534. The highest BCUT2D eigenvalue weighted by Crippen LogP contribution is 2.24. The van der Waals surface area contributed by atoms with Crippen LogP contribution in [0.4, 0.5) is 0 Å². The van der Waals surface area contributed by atoms with E-state index in [2.05, 4.69) is 10.3 Å². The van der Waals surface area contributed by atoms with E-state index in [-0.39, 0.29) is 17.9 Å². The molecule has 0 unspecified atom stereocenters. The molecular formula is C10H9N3O2. The summed E-state index contributed by atoms with van der Waals surface area (Å²) in [5.74, 6) is -0.404. The summed E-state index contributed by atoms with van der Waals surface area (Å²) in [4.78, 5) is 29.0. The van der Waals surface area contributed by atoms with Gasteiger partial charge in [-0.3, -0.25) is 19.5 Å². The van der Waals surface area contributed by atoms with Crippen molar-refractivity contribution in [2.24, 2.45) is 0 Å². The Morgan fingerprint density at radius 1 is 1.27 bits per heavy atom. The average Bonchev–Trinajstić information content (AvgIpc) is 2.42. The van der Waals surface area contributed by atoms with Crippen molar-refractivity contribution >= 4 is 11.8 Å². The molecule has 0 spiro atoms. The van der Waals surface area contributed by atoms with Gasteiger partial charge in [0.1, 0.15) is 0 Å². The second-order valence-corrected chi connectivity index (χ2v) is 3.71. The Kier molecular flexibility index (Phi) is 1.63. The molecule has 76 valence electrons. The lowest BCUT2D eigenvalue weighted by Gasteiger charge is -2.33. The maximum absolute atomic E-state index is 11.9. The molecule has 5 heteroatoms. The fourth-order valence-corrected chi connectivity index (χ4v) is 1.89. The molecule has 15 heavy (non-hydrogen) atoms. The maximum Gasteiger partial charge on any atom is 0.263 e. The summed E-state index contributed by atoms with van der Waals surface area (Å²) in [6, 6.07) is 1.61. The molecule has 0 atom stereocenters. The van der Waals surface area contributed by atoms with Crippen LogP contribution in [0.25, 0.3) is 0 Å². The number of nitrogens with zero attached hydrogens (tertiary/aromatic N) is 2. The minimum Gasteiger partial charge on any atom is -0.313 e. The first-order chi connectivity index (χ1) is 7.29. The van der Waals surface area contributed by atoms with Gasteiger partial charge in [-0.2, -0.15) is 0 Å². The van der Waals surface area contributed by atoms with Gasteiger partial charge in [0.05, 0.1) is 17.2 Å². The molecule has 1 fully saturated rings. The molecule has 0 bridgehead atoms. The number of carbonyl (C=O) groups excluding carboxylic acids is 2. The van der Waals surface area contributed by atoms with E-state index in [0.717, 1.165) is 0 Å². The number of carbonyl (C=O) groups is 2. The quantitative estimate of drug-likeness (QED) is 0.634. The minimum atomic E-state index is -0.213. The third-order valence-electron chi connectivity index (χ3n) is 2.84. The van der Waals surface area contributed by atoms with E-state index in [1.165, 1.54) is 17.3 Å². The third kappa shape index (κ3) is 1.04. The van der Waals surface area contributed by atoms with Gasteiger partial charge in [0.25, 0.3) is 11.8 Å². The molecule has 0 saturated carbocycles. The Morgan fingerprint density at radius 2 is 2.00 bits per heavy atom. The van der Waals surface area contributed by atoms with Gasteiger partial charge in [-0.25, -0.2) is 0 Å². The van der Waals surface area contributed by atoms with Crippen LogP contribution in [-0.2, 0) is 0 Å². The smallest absolute Gasteiger partial charge is 0.263 e. The van der Waals surface area contributed by atoms with Crippen LogP contribution in [-0.4, -0.2) is 40.8 Å². The van der Waals surface area contributed by atoms with Gasteiger partial charge < -0.3 is 5.32 Å². The fraction of sp³-hybridized carbons (Fsp3) is 0.300. The van der Waals surface area contributed by atoms with E-state index >= 15 is 0 Å². The minimum absolute atomic E-state index is 0.0115. The second-order valence-electron chi connectivity index (χ2n) is 3.71. The molecule has 0 aromatic carbocycles. The van der Waals surface area contributed by atoms with Gasteiger partial charge in [-0.15, -0.1) is 0 Å². The molecule has 3 rings (SSSR count). The standard InChI is InChI=1S/C10H9N3O2/c14-9-7-1-2-11-5-8(7)10(15)13(9)6-3-12-4-6/h1-2,5-6,12H,3-4H2. The van der Waals surface area contributed by atoms with Crippen molar-refractivity contribution < 1.29 is 9.59 Å². The van der Waals surface area contributed by atoms with E-state index in [9.17, 15) is 9.59 Å². The fourth-order valence-electron chi connectivity index (χ4n) is 1.89. The summed E-state index contributed by atoms with van der Waals surface area (Å²) < 4.78 is 0. The number of nitrogens with one attached hydrogen (secondary N) is 1. The van der Waals surface area contributed by atoms with Crippen LogP contribution in [0.1, 0.15) is 20.7 Å². The van der Waals surface area contributed by atoms with E-state index in [1.54, 1.807) is 6.07 Å². The summed E-state index contributed by atoms with van der Waals surface area (Å²) in [6.07, 6.45) is 2.99. The number of pyridine rings is 1. The molecule has 1 aromatic heterocycles. The SMILES string of the molecule is O=C1c2ccncc2C(=O)N1C1CNC1. The molecule has 1 N–H and O–H groups in total. The largest absolute Gasteiger partial charge is 0.313 e. The van der Waals surface area contributed by atoms with Crippen LogP contribution in [0.2, 0.25) is 0 Å². The average molecular weight is 203 g/mol. The molecule has 0 aliphatic carbocycles. The van der Waals surface area contributed by atoms with Gasteiger partial charge >= 0.3 is 0 Å². The normalized spacial score (nSPS) is 20.4. The monoisotopic (exact) mass is 203 g/mol. The zero-order valence-electron chi connectivity index (χ0n) is 7.93. The number of hydrogen-bond acceptors (Lipinski definition) is 4. The topological polar surface area (TPSA) is 62.3 Å². The summed E-state index contributed by atoms with van der Waals surface area (Å²) in [7, 11) is 0. The van der Waals surface area contributed by atoms with Crippen LogP contribution >= 0.6 is 0 Å². The number of aromatic nitrogens is 1. The Balaban J connectivity index is 2.04. The molecule has 2 aliphatic heterocycles. The molecular weight excluding hydrogens is 194 g/mol. The first-order valence-corrected chi connectivity index (χ1v) is 4.81. The number of amides is 2. The third-order valence-corrected chi connectivity index (χ3v) is 2.84. The second kappa shape index (κ2) is 2.87. The summed E-state index contributed by atoms with van der Waals surface area (Å²) >= 11 is 0. The van der Waals surface area contributed by atoms with Crippen LogP contribution in [0.15, 0.2) is 18.5 Å². The van der Waals surface area contributed by atoms with Crippen LogP contribution in [0.3, 0.4) is 0 Å². The molecule has 1 aromatic rings. The number of rotatable bonds is 1. The zero-order valence-corrected chi connectivity index (χ0v) is 7.93. The molecule has 2 amide bonds. The summed E-state index contributed by atoms with van der Waals surface area (Å²) in [5, 5.41) is 3.04. The Labute approximate surface area is 86.1 Å². The first-order valence-electron chi connectivity index (χ1n) is 4.81. The van der Waals surface area contributed by atoms with Crippen molar-refractivity contribution in [3.63, 3.8) is 0 Å². The van der Waals surface area contributed by atoms with Crippen molar-refractivity contribution in [3.05, 3.63) is 29.6 Å². The van der Waals surface area contributed by atoms with Crippen LogP contribution in [0.5, 0.6) is 0 Å². The van der Waals surface area contributed by atoms with Gasteiger partial charge in [0, 0.05) is 25.5 Å². The molecule has 0 radical (unpaired) electrons. The highest BCUT2D eigenvalue weighted by atomic mass is 16.2. The van der Waals surface area contributed by atoms with Crippen LogP contribution in [0, 0.1) is 0 Å². The van der Waals surface area contributed by atoms with E-state index in [4.69, 9.17) is 0 Å². The number of hydrogen-bond donors (Lipinski definition) is 1.